The topological polar surface area (TPSA) is 61.4 Å². The van der Waals surface area contributed by atoms with Crippen molar-refractivity contribution in [2.24, 2.45) is 0 Å². The molecule has 0 unspecified atom stereocenters. The van der Waals surface area contributed by atoms with E-state index in [4.69, 9.17) is 11.6 Å². The summed E-state index contributed by atoms with van der Waals surface area (Å²) in [6, 6.07) is 13.9. The van der Waals surface area contributed by atoms with Gasteiger partial charge < -0.3 is 15.5 Å². The van der Waals surface area contributed by atoms with Gasteiger partial charge >= 0.3 is 6.03 Å². The van der Waals surface area contributed by atoms with Crippen LogP contribution in [0.15, 0.2) is 48.5 Å². The van der Waals surface area contributed by atoms with Crippen LogP contribution in [0.4, 0.5) is 16.2 Å². The SMILES string of the molecule is Cc1c(Cl)cccc1NC(=O)N1CCC[C@H]1C(=O)Nc1ccccc1. The van der Waals surface area contributed by atoms with Crippen LogP contribution in [-0.4, -0.2) is 29.4 Å². The van der Waals surface area contributed by atoms with Gasteiger partial charge in [0, 0.05) is 22.9 Å². The molecule has 1 atom stereocenters. The number of anilines is 2. The second-order valence-electron chi connectivity index (χ2n) is 6.05. The molecule has 0 saturated carbocycles. The minimum Gasteiger partial charge on any atom is -0.324 e. The van der Waals surface area contributed by atoms with Gasteiger partial charge in [0.15, 0.2) is 0 Å². The van der Waals surface area contributed by atoms with E-state index in [9.17, 15) is 9.59 Å². The lowest BCUT2D eigenvalue weighted by molar-refractivity contribution is -0.119. The van der Waals surface area contributed by atoms with Gasteiger partial charge in [-0.25, -0.2) is 4.79 Å². The Morgan fingerprint density at radius 1 is 1.08 bits per heavy atom. The summed E-state index contributed by atoms with van der Waals surface area (Å²) in [4.78, 5) is 26.8. The normalized spacial score (nSPS) is 16.6. The van der Waals surface area contributed by atoms with Crippen LogP contribution in [0.2, 0.25) is 5.02 Å². The molecular weight excluding hydrogens is 338 g/mol. The standard InChI is InChI=1S/C19H20ClN3O2/c1-13-15(20)9-5-10-16(13)22-19(25)23-12-6-11-17(23)18(24)21-14-7-3-2-4-8-14/h2-5,7-10,17H,6,11-12H2,1H3,(H,21,24)(H,22,25)/t17-/m0/s1. The van der Waals surface area contributed by atoms with Crippen molar-refractivity contribution in [2.45, 2.75) is 25.8 Å². The van der Waals surface area contributed by atoms with Gasteiger partial charge in [0.1, 0.15) is 6.04 Å². The lowest BCUT2D eigenvalue weighted by atomic mass is 10.2. The summed E-state index contributed by atoms with van der Waals surface area (Å²) in [5, 5.41) is 6.33. The second-order valence-corrected chi connectivity index (χ2v) is 6.46. The highest BCUT2D eigenvalue weighted by molar-refractivity contribution is 6.31. The van der Waals surface area contributed by atoms with Crippen LogP contribution in [0.25, 0.3) is 0 Å². The van der Waals surface area contributed by atoms with Crippen molar-refractivity contribution in [3.05, 3.63) is 59.1 Å². The van der Waals surface area contributed by atoms with Crippen molar-refractivity contribution in [1.82, 2.24) is 4.90 Å². The number of hydrogen-bond donors (Lipinski definition) is 2. The number of halogens is 1. The molecule has 0 aliphatic carbocycles. The lowest BCUT2D eigenvalue weighted by Gasteiger charge is -2.24. The fraction of sp³-hybridized carbons (Fsp3) is 0.263. The molecule has 3 amide bonds. The van der Waals surface area contributed by atoms with Crippen molar-refractivity contribution in [3.8, 4) is 0 Å². The maximum absolute atomic E-state index is 12.6. The Labute approximate surface area is 152 Å². The van der Waals surface area contributed by atoms with Crippen LogP contribution < -0.4 is 10.6 Å². The van der Waals surface area contributed by atoms with E-state index in [1.165, 1.54) is 0 Å². The third-order valence-corrected chi connectivity index (χ3v) is 4.78. The first-order chi connectivity index (χ1) is 12.1. The zero-order valence-electron chi connectivity index (χ0n) is 14.0. The first kappa shape index (κ1) is 17.3. The number of nitrogens with zero attached hydrogens (tertiary/aromatic N) is 1. The molecule has 1 heterocycles. The summed E-state index contributed by atoms with van der Waals surface area (Å²) >= 11 is 6.10. The summed E-state index contributed by atoms with van der Waals surface area (Å²) in [5.41, 5.74) is 2.19. The van der Waals surface area contributed by atoms with E-state index in [2.05, 4.69) is 10.6 Å². The predicted octanol–water partition coefficient (Wildman–Crippen LogP) is 4.28. The van der Waals surface area contributed by atoms with Crippen molar-refractivity contribution in [3.63, 3.8) is 0 Å². The summed E-state index contributed by atoms with van der Waals surface area (Å²) in [6.45, 7) is 2.40. The number of para-hydroxylation sites is 1. The Bertz CT molecular complexity index is 779. The van der Waals surface area contributed by atoms with Gasteiger partial charge in [-0.1, -0.05) is 35.9 Å². The molecule has 0 bridgehead atoms. The summed E-state index contributed by atoms with van der Waals surface area (Å²) in [6.07, 6.45) is 1.45. The molecule has 1 aliphatic heterocycles. The number of amides is 3. The van der Waals surface area contributed by atoms with E-state index in [0.717, 1.165) is 17.7 Å². The van der Waals surface area contributed by atoms with Gasteiger partial charge in [0.2, 0.25) is 5.91 Å². The number of carbonyl (C=O) groups excluding carboxylic acids is 2. The summed E-state index contributed by atoms with van der Waals surface area (Å²) in [7, 11) is 0. The fourth-order valence-corrected chi connectivity index (χ4v) is 3.13. The third-order valence-electron chi connectivity index (χ3n) is 4.37. The number of carbonyl (C=O) groups is 2. The predicted molar refractivity (Wildman–Crippen MR) is 100 cm³/mol. The number of benzene rings is 2. The molecular formula is C19H20ClN3O2. The number of urea groups is 1. The van der Waals surface area contributed by atoms with E-state index in [0.29, 0.717) is 23.7 Å². The van der Waals surface area contributed by atoms with Gasteiger partial charge in [-0.05, 0) is 49.6 Å². The van der Waals surface area contributed by atoms with Crippen LogP contribution in [0.5, 0.6) is 0 Å². The van der Waals surface area contributed by atoms with E-state index in [1.54, 1.807) is 23.1 Å². The lowest BCUT2D eigenvalue weighted by Crippen LogP contribution is -2.45. The molecule has 6 heteroatoms. The average molecular weight is 358 g/mol. The molecule has 25 heavy (non-hydrogen) atoms. The van der Waals surface area contributed by atoms with Gasteiger partial charge in [-0.3, -0.25) is 4.79 Å². The first-order valence-corrected chi connectivity index (χ1v) is 8.62. The molecule has 1 aliphatic rings. The Kier molecular flexibility index (Phi) is 5.24. The van der Waals surface area contributed by atoms with E-state index in [-0.39, 0.29) is 11.9 Å². The van der Waals surface area contributed by atoms with Crippen LogP contribution in [-0.2, 0) is 4.79 Å². The second kappa shape index (κ2) is 7.57. The molecule has 0 radical (unpaired) electrons. The van der Waals surface area contributed by atoms with E-state index >= 15 is 0 Å². The summed E-state index contributed by atoms with van der Waals surface area (Å²) < 4.78 is 0. The highest BCUT2D eigenvalue weighted by Crippen LogP contribution is 2.25. The Balaban J connectivity index is 1.69. The Morgan fingerprint density at radius 3 is 2.60 bits per heavy atom. The van der Waals surface area contributed by atoms with Crippen LogP contribution in [0, 0.1) is 6.92 Å². The third kappa shape index (κ3) is 3.94. The molecule has 5 nitrogen and oxygen atoms in total. The molecule has 0 aromatic heterocycles. The van der Waals surface area contributed by atoms with Crippen LogP contribution in [0.1, 0.15) is 18.4 Å². The molecule has 1 fully saturated rings. The molecule has 2 aromatic rings. The number of rotatable bonds is 3. The van der Waals surface area contributed by atoms with Crippen LogP contribution in [0.3, 0.4) is 0 Å². The molecule has 2 aromatic carbocycles. The highest BCUT2D eigenvalue weighted by atomic mass is 35.5. The highest BCUT2D eigenvalue weighted by Gasteiger charge is 2.34. The number of likely N-dealkylation sites (tertiary alicyclic amines) is 1. The smallest absolute Gasteiger partial charge is 0.322 e. The van der Waals surface area contributed by atoms with Gasteiger partial charge in [0.05, 0.1) is 0 Å². The maximum Gasteiger partial charge on any atom is 0.322 e. The number of nitrogens with one attached hydrogen (secondary N) is 2. The van der Waals surface area contributed by atoms with Crippen molar-refractivity contribution in [1.29, 1.82) is 0 Å². The minimum absolute atomic E-state index is 0.165. The largest absolute Gasteiger partial charge is 0.324 e. The molecule has 3 rings (SSSR count). The summed E-state index contributed by atoms with van der Waals surface area (Å²) in [5.74, 6) is -0.165. The van der Waals surface area contributed by atoms with Crippen molar-refractivity contribution in [2.75, 3.05) is 17.2 Å². The Morgan fingerprint density at radius 2 is 1.84 bits per heavy atom. The molecule has 0 spiro atoms. The molecule has 2 N–H and O–H groups in total. The maximum atomic E-state index is 12.6. The van der Waals surface area contributed by atoms with E-state index in [1.807, 2.05) is 37.3 Å². The van der Waals surface area contributed by atoms with Crippen LogP contribution >= 0.6 is 11.6 Å². The van der Waals surface area contributed by atoms with Gasteiger partial charge in [-0.15, -0.1) is 0 Å². The zero-order chi connectivity index (χ0) is 17.8. The van der Waals surface area contributed by atoms with Crippen molar-refractivity contribution < 1.29 is 9.59 Å². The monoisotopic (exact) mass is 357 g/mol. The van der Waals surface area contributed by atoms with E-state index < -0.39 is 6.04 Å². The number of hydrogen-bond acceptors (Lipinski definition) is 2. The fourth-order valence-electron chi connectivity index (χ4n) is 2.96. The Hall–Kier alpha value is -2.53. The van der Waals surface area contributed by atoms with Gasteiger partial charge in [0.25, 0.3) is 0 Å². The van der Waals surface area contributed by atoms with Crippen molar-refractivity contribution >= 4 is 34.9 Å². The zero-order valence-corrected chi connectivity index (χ0v) is 14.7. The molecule has 1 saturated heterocycles. The quantitative estimate of drug-likeness (QED) is 0.861. The molecule has 130 valence electrons. The van der Waals surface area contributed by atoms with Gasteiger partial charge in [-0.2, -0.15) is 0 Å². The first-order valence-electron chi connectivity index (χ1n) is 8.25. The minimum atomic E-state index is -0.473. The average Bonchev–Trinajstić information content (AvgIpc) is 3.10.